The van der Waals surface area contributed by atoms with Crippen LogP contribution in [0.5, 0.6) is 0 Å². The first-order chi connectivity index (χ1) is 7.20. The van der Waals surface area contributed by atoms with E-state index in [9.17, 15) is 0 Å². The summed E-state index contributed by atoms with van der Waals surface area (Å²) in [6.45, 7) is 4.32. The van der Waals surface area contributed by atoms with Gasteiger partial charge in [0.1, 0.15) is 0 Å². The maximum atomic E-state index is 9.03. The van der Waals surface area contributed by atoms with Crippen molar-refractivity contribution in [3.05, 3.63) is 45.6 Å². The minimum absolute atomic E-state index is 0.115. The van der Waals surface area contributed by atoms with Crippen LogP contribution in [0.2, 0.25) is 0 Å². The predicted octanol–water partition coefficient (Wildman–Crippen LogP) is 3.52. The van der Waals surface area contributed by atoms with Crippen LogP contribution in [-0.4, -0.2) is 5.11 Å². The number of hydrogen-bond donors (Lipinski definition) is 1. The number of aliphatic hydroxyl groups is 1. The van der Waals surface area contributed by atoms with Gasteiger partial charge < -0.3 is 5.11 Å². The maximum absolute atomic E-state index is 9.03. The third-order valence-corrected chi connectivity index (χ3v) is 3.38. The second-order valence-corrected chi connectivity index (χ2v) is 4.87. The smallest absolute Gasteiger partial charge is 0.0681 e. The first-order valence-corrected chi connectivity index (χ1v) is 5.84. The highest BCUT2D eigenvalue weighted by Gasteiger charge is 2.04. The second kappa shape index (κ2) is 4.17. The van der Waals surface area contributed by atoms with E-state index in [1.807, 2.05) is 12.1 Å². The van der Waals surface area contributed by atoms with Crippen LogP contribution in [0.3, 0.4) is 0 Å². The monoisotopic (exact) mass is 218 g/mol. The Hall–Kier alpha value is -1.12. The quantitative estimate of drug-likeness (QED) is 0.817. The lowest BCUT2D eigenvalue weighted by Crippen LogP contribution is -1.87. The van der Waals surface area contributed by atoms with Crippen LogP contribution in [0.15, 0.2) is 29.6 Å². The second-order valence-electron chi connectivity index (χ2n) is 3.75. The highest BCUT2D eigenvalue weighted by molar-refractivity contribution is 7.10. The molecule has 0 aliphatic heterocycles. The number of rotatable bonds is 2. The van der Waals surface area contributed by atoms with E-state index in [-0.39, 0.29) is 6.61 Å². The summed E-state index contributed by atoms with van der Waals surface area (Å²) in [7, 11) is 0. The number of aliphatic hydroxyl groups excluding tert-OH is 1. The third-order valence-electron chi connectivity index (χ3n) is 2.51. The van der Waals surface area contributed by atoms with Crippen molar-refractivity contribution in [2.24, 2.45) is 0 Å². The molecule has 0 spiro atoms. The summed E-state index contributed by atoms with van der Waals surface area (Å²) in [5.41, 5.74) is 4.73. The fourth-order valence-corrected chi connectivity index (χ4v) is 2.44. The molecule has 0 atom stereocenters. The van der Waals surface area contributed by atoms with Gasteiger partial charge in [-0.1, -0.05) is 18.2 Å². The van der Waals surface area contributed by atoms with Gasteiger partial charge in [-0.15, -0.1) is 11.3 Å². The van der Waals surface area contributed by atoms with E-state index in [0.717, 1.165) is 5.56 Å². The van der Waals surface area contributed by atoms with Crippen molar-refractivity contribution in [1.82, 2.24) is 0 Å². The molecule has 0 aliphatic rings. The van der Waals surface area contributed by atoms with Crippen LogP contribution in [-0.2, 0) is 6.61 Å². The molecule has 0 bridgehead atoms. The van der Waals surface area contributed by atoms with Gasteiger partial charge in [-0.3, -0.25) is 0 Å². The van der Waals surface area contributed by atoms with Crippen LogP contribution in [0.25, 0.3) is 11.1 Å². The van der Waals surface area contributed by atoms with Crippen molar-refractivity contribution < 1.29 is 5.11 Å². The minimum Gasteiger partial charge on any atom is -0.392 e. The first kappa shape index (κ1) is 10.4. The van der Waals surface area contributed by atoms with Gasteiger partial charge >= 0.3 is 0 Å². The van der Waals surface area contributed by atoms with Crippen LogP contribution >= 0.6 is 11.3 Å². The lowest BCUT2D eigenvalue weighted by molar-refractivity contribution is 0.282. The summed E-state index contributed by atoms with van der Waals surface area (Å²) in [4.78, 5) is 1.33. The molecule has 1 aromatic carbocycles. The van der Waals surface area contributed by atoms with Crippen molar-refractivity contribution in [3.8, 4) is 11.1 Å². The van der Waals surface area contributed by atoms with Crippen molar-refractivity contribution in [2.45, 2.75) is 20.5 Å². The molecule has 1 aromatic heterocycles. The summed E-state index contributed by atoms with van der Waals surface area (Å²) < 4.78 is 0. The third kappa shape index (κ3) is 2.11. The zero-order valence-electron chi connectivity index (χ0n) is 8.95. The number of hydrogen-bond acceptors (Lipinski definition) is 2. The summed E-state index contributed by atoms with van der Waals surface area (Å²) >= 11 is 1.77. The van der Waals surface area contributed by atoms with E-state index in [1.54, 1.807) is 11.3 Å². The van der Waals surface area contributed by atoms with Gasteiger partial charge in [0.15, 0.2) is 0 Å². The Morgan fingerprint density at radius 1 is 1.20 bits per heavy atom. The molecule has 2 aromatic rings. The molecule has 15 heavy (non-hydrogen) atoms. The SMILES string of the molecule is Cc1cc(-c2ccc(CO)cc2C)cs1. The van der Waals surface area contributed by atoms with E-state index in [2.05, 4.69) is 31.4 Å². The van der Waals surface area contributed by atoms with Gasteiger partial charge in [-0.25, -0.2) is 0 Å². The molecule has 2 rings (SSSR count). The van der Waals surface area contributed by atoms with Gasteiger partial charge in [-0.2, -0.15) is 0 Å². The highest BCUT2D eigenvalue weighted by atomic mass is 32.1. The molecule has 0 radical (unpaired) electrons. The van der Waals surface area contributed by atoms with Crippen LogP contribution < -0.4 is 0 Å². The van der Waals surface area contributed by atoms with Gasteiger partial charge in [0.25, 0.3) is 0 Å². The Morgan fingerprint density at radius 3 is 2.53 bits per heavy atom. The lowest BCUT2D eigenvalue weighted by atomic mass is 10.0. The van der Waals surface area contributed by atoms with Gasteiger partial charge in [0, 0.05) is 4.88 Å². The summed E-state index contributed by atoms with van der Waals surface area (Å²) in [5.74, 6) is 0. The summed E-state index contributed by atoms with van der Waals surface area (Å²) in [5, 5.41) is 11.2. The minimum atomic E-state index is 0.115. The molecular weight excluding hydrogens is 204 g/mol. The molecule has 0 fully saturated rings. The van der Waals surface area contributed by atoms with Crippen molar-refractivity contribution in [3.63, 3.8) is 0 Å². The molecule has 0 amide bonds. The summed E-state index contributed by atoms with van der Waals surface area (Å²) in [6, 6.07) is 8.31. The van der Waals surface area contributed by atoms with E-state index in [4.69, 9.17) is 5.11 Å². The average Bonchev–Trinajstić information content (AvgIpc) is 2.64. The molecule has 1 heterocycles. The number of thiophene rings is 1. The highest BCUT2D eigenvalue weighted by Crippen LogP contribution is 2.28. The molecule has 0 saturated carbocycles. The average molecular weight is 218 g/mol. The number of benzene rings is 1. The van der Waals surface area contributed by atoms with E-state index in [1.165, 1.54) is 21.6 Å². The number of aryl methyl sites for hydroxylation is 2. The normalized spacial score (nSPS) is 10.6. The van der Waals surface area contributed by atoms with Crippen molar-refractivity contribution in [1.29, 1.82) is 0 Å². The molecule has 0 saturated heterocycles. The van der Waals surface area contributed by atoms with Crippen molar-refractivity contribution >= 4 is 11.3 Å². The zero-order valence-corrected chi connectivity index (χ0v) is 9.77. The van der Waals surface area contributed by atoms with Crippen LogP contribution in [0.4, 0.5) is 0 Å². The molecule has 0 unspecified atom stereocenters. The fourth-order valence-electron chi connectivity index (χ4n) is 1.73. The van der Waals surface area contributed by atoms with E-state index in [0.29, 0.717) is 0 Å². The molecular formula is C13H14OS. The van der Waals surface area contributed by atoms with Gasteiger partial charge in [0.05, 0.1) is 6.61 Å². The van der Waals surface area contributed by atoms with Gasteiger partial charge in [0.2, 0.25) is 0 Å². The molecule has 1 N–H and O–H groups in total. The predicted molar refractivity (Wildman–Crippen MR) is 65.2 cm³/mol. The Kier molecular flexibility index (Phi) is 2.89. The standard InChI is InChI=1S/C13H14OS/c1-9-5-11(7-14)3-4-13(9)12-6-10(2)15-8-12/h3-6,8,14H,7H2,1-2H3. The van der Waals surface area contributed by atoms with Crippen LogP contribution in [0, 0.1) is 13.8 Å². The lowest BCUT2D eigenvalue weighted by Gasteiger charge is -2.05. The first-order valence-electron chi connectivity index (χ1n) is 4.96. The van der Waals surface area contributed by atoms with Crippen molar-refractivity contribution in [2.75, 3.05) is 0 Å². The van der Waals surface area contributed by atoms with Gasteiger partial charge in [-0.05, 0) is 47.5 Å². The molecule has 1 nitrogen and oxygen atoms in total. The molecule has 2 heteroatoms. The molecule has 78 valence electrons. The fraction of sp³-hybridized carbons (Fsp3) is 0.231. The van der Waals surface area contributed by atoms with Crippen LogP contribution in [0.1, 0.15) is 16.0 Å². The topological polar surface area (TPSA) is 20.2 Å². The Morgan fingerprint density at radius 2 is 2.00 bits per heavy atom. The summed E-state index contributed by atoms with van der Waals surface area (Å²) in [6.07, 6.45) is 0. The zero-order chi connectivity index (χ0) is 10.8. The maximum Gasteiger partial charge on any atom is 0.0681 e. The Bertz CT molecular complexity index is 471. The van der Waals surface area contributed by atoms with E-state index >= 15 is 0 Å². The molecule has 0 aliphatic carbocycles. The Labute approximate surface area is 94.0 Å². The van der Waals surface area contributed by atoms with E-state index < -0.39 is 0 Å². The Balaban J connectivity index is 2.45. The largest absolute Gasteiger partial charge is 0.392 e.